The molecule has 3 aliphatic heterocycles. The molecule has 0 spiro atoms. The standard InChI is InChI=1S/C36H57N5O12P2S2Si2/c1-35(2,3)58(7,8)52-28-24-19-47-54(44,56)50-27-23(18-46-55(45,57)51-29(28)32(49-24)40-16-15-25(42)39-34(40)43)48-33(30(27)53-59(9,10)36(4,5)6)41-17-21-13-11-12-14-22-26(21)31(41)38-20-37-22/h15-17,20,23-24,27-30,32-33H,11-14,18-19H2,1-10H3,(H,44,56)(H,45,57)(H,39,42,43)/t23-,24-,27-,28-,29-,30-,32-,33-,54?,55?/m1/s1. The van der Waals surface area contributed by atoms with Gasteiger partial charge < -0.3 is 41.7 Å². The molecule has 3 fully saturated rings. The molecule has 0 aromatic carbocycles. The Labute approximate surface area is 356 Å². The summed E-state index contributed by atoms with van der Waals surface area (Å²) in [4.78, 5) is 60.7. The average Bonchev–Trinajstić information content (AvgIpc) is 3.68. The number of aryl methyl sites for hydroxylation is 2. The summed E-state index contributed by atoms with van der Waals surface area (Å²) in [5.41, 5.74) is 1.33. The molecule has 0 radical (unpaired) electrons. The molecule has 3 N–H and O–H groups in total. The van der Waals surface area contributed by atoms with Crippen molar-refractivity contribution in [3.05, 3.63) is 56.9 Å². The summed E-state index contributed by atoms with van der Waals surface area (Å²) in [5, 5.41) is 0.436. The molecular weight excluding hydrogens is 877 g/mol. The largest absolute Gasteiger partial charge is 0.408 e. The molecule has 10 atom stereocenters. The normalized spacial score (nSPS) is 33.8. The number of aromatic nitrogens is 5. The molecule has 17 nitrogen and oxygen atoms in total. The van der Waals surface area contributed by atoms with Gasteiger partial charge in [0, 0.05) is 23.8 Å². The van der Waals surface area contributed by atoms with Gasteiger partial charge in [0.05, 0.1) is 18.9 Å². The minimum absolute atomic E-state index is 0.244. The summed E-state index contributed by atoms with van der Waals surface area (Å²) in [6.07, 6.45) is 0.107. The van der Waals surface area contributed by atoms with Crippen molar-refractivity contribution in [2.24, 2.45) is 0 Å². The molecule has 59 heavy (non-hydrogen) atoms. The first kappa shape index (κ1) is 45.7. The Morgan fingerprint density at radius 2 is 1.39 bits per heavy atom. The molecule has 2 unspecified atom stereocenters. The van der Waals surface area contributed by atoms with E-state index in [2.05, 4.69) is 64.6 Å². The quantitative estimate of drug-likeness (QED) is 0.201. The molecule has 3 aromatic heterocycles. The van der Waals surface area contributed by atoms with Crippen LogP contribution in [0.5, 0.6) is 0 Å². The van der Waals surface area contributed by atoms with Crippen LogP contribution in [0.1, 0.15) is 78.1 Å². The van der Waals surface area contributed by atoms with Gasteiger partial charge in [0.2, 0.25) is 0 Å². The molecule has 0 amide bonds. The molecule has 3 saturated heterocycles. The maximum absolute atomic E-state index is 13.2. The van der Waals surface area contributed by atoms with Crippen LogP contribution in [0, 0.1) is 0 Å². The number of hydrogen-bond acceptors (Lipinski definition) is 14. The molecule has 6 heterocycles. The molecule has 23 heteroatoms. The predicted octanol–water partition coefficient (Wildman–Crippen LogP) is 5.69. The van der Waals surface area contributed by atoms with E-state index in [1.165, 1.54) is 6.20 Å². The third-order valence-corrected chi connectivity index (χ3v) is 24.7. The van der Waals surface area contributed by atoms with E-state index in [-0.39, 0.29) is 23.3 Å². The second-order valence-electron chi connectivity index (χ2n) is 18.8. The SMILES string of the molecule is CC(C)(C)[Si](C)(C)O[C@@H]1[C@@H]2OP(O)(=S)OC[C@H]3O[C@@H](n4ccc(=O)[nH]c4=O)[C@H](OP(O)(=S)OC[C@H]2O[C@H]1n1cc2c4c(ncnc41)CCCC2)[C@@H]3O[Si](C)(C)C(C)(C)C. The van der Waals surface area contributed by atoms with Crippen LogP contribution in [0.25, 0.3) is 11.0 Å². The Balaban J connectivity index is 1.31. The second kappa shape index (κ2) is 16.3. The van der Waals surface area contributed by atoms with E-state index in [4.69, 9.17) is 65.0 Å². The monoisotopic (exact) mass is 933 g/mol. The van der Waals surface area contributed by atoms with E-state index in [9.17, 15) is 19.4 Å². The fourth-order valence-electron chi connectivity index (χ4n) is 7.42. The molecule has 4 aliphatic rings. The average molecular weight is 934 g/mol. The number of fused-ring (bicyclic) bond motifs is 3. The highest BCUT2D eigenvalue weighted by molar-refractivity contribution is 8.07. The zero-order valence-electron chi connectivity index (χ0n) is 35.1. The Kier molecular flexibility index (Phi) is 12.6. The minimum atomic E-state index is -4.24. The summed E-state index contributed by atoms with van der Waals surface area (Å²) in [6, 6.07) is 1.16. The van der Waals surface area contributed by atoms with Gasteiger partial charge in [-0.2, -0.15) is 0 Å². The Morgan fingerprint density at radius 3 is 2.02 bits per heavy atom. The van der Waals surface area contributed by atoms with Gasteiger partial charge in [0.1, 0.15) is 48.6 Å². The van der Waals surface area contributed by atoms with Gasteiger partial charge in [-0.1, -0.05) is 41.5 Å². The van der Waals surface area contributed by atoms with E-state index >= 15 is 0 Å². The Hall–Kier alpha value is -1.37. The first-order valence-corrected chi connectivity index (χ1v) is 30.9. The highest BCUT2D eigenvalue weighted by Gasteiger charge is 2.57. The van der Waals surface area contributed by atoms with Crippen molar-refractivity contribution in [3.63, 3.8) is 0 Å². The Bertz CT molecular complexity index is 2280. The van der Waals surface area contributed by atoms with Gasteiger partial charge in [-0.15, -0.1) is 0 Å². The lowest BCUT2D eigenvalue weighted by molar-refractivity contribution is -0.0627. The predicted molar refractivity (Wildman–Crippen MR) is 232 cm³/mol. The van der Waals surface area contributed by atoms with Gasteiger partial charge in [0.15, 0.2) is 29.1 Å². The van der Waals surface area contributed by atoms with Crippen LogP contribution in [0.15, 0.2) is 34.4 Å². The topological polar surface area (TPSA) is 200 Å². The highest BCUT2D eigenvalue weighted by atomic mass is 32.5. The molecule has 1 aliphatic carbocycles. The van der Waals surface area contributed by atoms with E-state index in [1.807, 2.05) is 23.9 Å². The fraction of sp³-hybridized carbons (Fsp3) is 0.722. The van der Waals surface area contributed by atoms with Gasteiger partial charge >= 0.3 is 19.1 Å². The van der Waals surface area contributed by atoms with E-state index in [0.29, 0.717) is 5.65 Å². The number of nitrogens with zero attached hydrogens (tertiary/aromatic N) is 4. The van der Waals surface area contributed by atoms with E-state index in [1.54, 1.807) is 6.33 Å². The maximum Gasteiger partial charge on any atom is 0.330 e. The van der Waals surface area contributed by atoms with Crippen LogP contribution in [0.2, 0.25) is 36.3 Å². The fourth-order valence-corrected chi connectivity index (χ4v) is 12.9. The van der Waals surface area contributed by atoms with Gasteiger partial charge in [-0.05, 0) is 91.1 Å². The van der Waals surface area contributed by atoms with Crippen molar-refractivity contribution >= 4 is 64.7 Å². The number of nitrogens with one attached hydrogen (secondary N) is 1. The first-order valence-electron chi connectivity index (χ1n) is 19.9. The number of rotatable bonds is 6. The summed E-state index contributed by atoms with van der Waals surface area (Å²) in [5.74, 6) is 0. The van der Waals surface area contributed by atoms with Crippen LogP contribution < -0.4 is 11.2 Å². The lowest BCUT2D eigenvalue weighted by atomic mass is 10.1. The summed E-state index contributed by atoms with van der Waals surface area (Å²) >= 11 is 11.4. The van der Waals surface area contributed by atoms with Gasteiger partial charge in [0.25, 0.3) is 5.56 Å². The van der Waals surface area contributed by atoms with Crippen molar-refractivity contribution < 1.29 is 46.2 Å². The first-order chi connectivity index (χ1) is 27.3. The van der Waals surface area contributed by atoms with Gasteiger partial charge in [-0.25, -0.2) is 14.8 Å². The lowest BCUT2D eigenvalue weighted by Crippen LogP contribution is -2.50. The van der Waals surface area contributed by atoms with Crippen molar-refractivity contribution in [3.8, 4) is 0 Å². The number of hydrogen-bond donors (Lipinski definition) is 3. The molecule has 2 bridgehead atoms. The van der Waals surface area contributed by atoms with E-state index < -0.39 is 90.4 Å². The maximum atomic E-state index is 13.2. The van der Waals surface area contributed by atoms with Crippen molar-refractivity contribution in [2.75, 3.05) is 13.2 Å². The van der Waals surface area contributed by atoms with E-state index in [0.717, 1.165) is 53.0 Å². The smallest absolute Gasteiger partial charge is 0.330 e. The van der Waals surface area contributed by atoms with Crippen LogP contribution in [0.3, 0.4) is 0 Å². The second-order valence-corrected chi connectivity index (χ2v) is 33.9. The summed E-state index contributed by atoms with van der Waals surface area (Å²) in [7, 11) is -5.28. The van der Waals surface area contributed by atoms with Crippen molar-refractivity contribution in [1.82, 2.24) is 24.1 Å². The van der Waals surface area contributed by atoms with Crippen molar-refractivity contribution in [2.45, 2.75) is 153 Å². The molecule has 3 aromatic rings. The third kappa shape index (κ3) is 9.33. The zero-order valence-corrected chi connectivity index (χ0v) is 40.6. The van der Waals surface area contributed by atoms with Crippen LogP contribution >= 0.6 is 13.4 Å². The molecule has 0 saturated carbocycles. The molecule has 328 valence electrons. The van der Waals surface area contributed by atoms with Gasteiger partial charge in [-0.3, -0.25) is 23.4 Å². The van der Waals surface area contributed by atoms with Crippen molar-refractivity contribution in [1.29, 1.82) is 0 Å². The molecule has 7 rings (SSSR count). The minimum Gasteiger partial charge on any atom is -0.408 e. The lowest BCUT2D eigenvalue weighted by Gasteiger charge is -2.41. The number of H-pyrrole nitrogens is 1. The third-order valence-electron chi connectivity index (χ3n) is 12.6. The number of ether oxygens (including phenoxy) is 2. The van der Waals surface area contributed by atoms with Crippen LogP contribution in [-0.4, -0.2) is 100 Å². The highest BCUT2D eigenvalue weighted by Crippen LogP contribution is 2.56. The number of aromatic amines is 1. The van der Waals surface area contributed by atoms with Crippen LogP contribution in [0.4, 0.5) is 0 Å². The Morgan fingerprint density at radius 1 is 0.814 bits per heavy atom. The summed E-state index contributed by atoms with van der Waals surface area (Å²) < 4.78 is 55.5. The summed E-state index contributed by atoms with van der Waals surface area (Å²) in [6.45, 7) is 11.6. The van der Waals surface area contributed by atoms with Crippen LogP contribution in [-0.2, 0) is 72.9 Å². The zero-order chi connectivity index (χ0) is 43.1. The molecular formula is C36H57N5O12P2S2Si2.